The number of aromatic nitrogens is 4. The van der Waals surface area contributed by atoms with Crippen LogP contribution in [0.3, 0.4) is 0 Å². The van der Waals surface area contributed by atoms with Crippen molar-refractivity contribution in [1.29, 1.82) is 0 Å². The van der Waals surface area contributed by atoms with Crippen LogP contribution in [0.4, 0.5) is 11.6 Å². The molecule has 0 saturated heterocycles. The van der Waals surface area contributed by atoms with Gasteiger partial charge >= 0.3 is 0 Å². The summed E-state index contributed by atoms with van der Waals surface area (Å²) in [5.74, 6) is 3.56. The van der Waals surface area contributed by atoms with E-state index in [1.165, 1.54) is 12.1 Å². The minimum absolute atomic E-state index is 0.0587. The van der Waals surface area contributed by atoms with Gasteiger partial charge < -0.3 is 9.88 Å². The first-order chi connectivity index (χ1) is 13.4. The number of aryl methyl sites for hydroxylation is 1. The molecule has 0 aliphatic carbocycles. The molecule has 2 heterocycles. The second-order valence-corrected chi connectivity index (χ2v) is 7.65. The fraction of sp³-hybridized carbons (Fsp3) is 0.211. The molecule has 0 amide bonds. The van der Waals surface area contributed by atoms with Crippen LogP contribution in [0.2, 0.25) is 0 Å². The van der Waals surface area contributed by atoms with E-state index in [2.05, 4.69) is 35.5 Å². The molecular formula is C19H20N6O2S. The molecule has 0 aliphatic heterocycles. The number of rotatable bonds is 7. The van der Waals surface area contributed by atoms with Gasteiger partial charge in [-0.2, -0.15) is 4.72 Å². The first-order valence-corrected chi connectivity index (χ1v) is 10.1. The molecule has 8 nitrogen and oxygen atoms in total. The number of sulfonamides is 1. The lowest BCUT2D eigenvalue weighted by Crippen LogP contribution is -2.23. The van der Waals surface area contributed by atoms with E-state index in [1.54, 1.807) is 24.5 Å². The van der Waals surface area contributed by atoms with Crippen molar-refractivity contribution in [2.75, 3.05) is 11.9 Å². The summed E-state index contributed by atoms with van der Waals surface area (Å²) in [6.07, 6.45) is 8.54. The number of nitrogens with zero attached hydrogens (tertiary/aromatic N) is 4. The number of hydrogen-bond donors (Lipinski definition) is 2. The normalized spacial score (nSPS) is 11.2. The third-order valence-corrected chi connectivity index (χ3v) is 5.49. The number of benzene rings is 1. The maximum atomic E-state index is 12.1. The summed E-state index contributed by atoms with van der Waals surface area (Å²) in [7, 11) is -3.62. The van der Waals surface area contributed by atoms with E-state index < -0.39 is 10.0 Å². The van der Waals surface area contributed by atoms with Crippen LogP contribution in [-0.2, 0) is 16.6 Å². The van der Waals surface area contributed by atoms with Crippen LogP contribution in [0.15, 0.2) is 47.6 Å². The van der Waals surface area contributed by atoms with E-state index >= 15 is 0 Å². The molecule has 9 heteroatoms. The van der Waals surface area contributed by atoms with Gasteiger partial charge in [-0.15, -0.1) is 6.42 Å². The van der Waals surface area contributed by atoms with E-state index in [1.807, 2.05) is 19.9 Å². The molecule has 2 N–H and O–H groups in total. The molecular weight excluding hydrogens is 376 g/mol. The third kappa shape index (κ3) is 4.19. The maximum Gasteiger partial charge on any atom is 0.241 e. The third-order valence-electron chi connectivity index (χ3n) is 4.07. The fourth-order valence-corrected chi connectivity index (χ4v) is 3.63. The maximum absolute atomic E-state index is 12.1. The van der Waals surface area contributed by atoms with Gasteiger partial charge in [-0.1, -0.05) is 5.92 Å². The van der Waals surface area contributed by atoms with Gasteiger partial charge in [0.2, 0.25) is 16.0 Å². The summed E-state index contributed by atoms with van der Waals surface area (Å²) < 4.78 is 28.5. The van der Waals surface area contributed by atoms with Gasteiger partial charge in [-0.05, 0) is 44.2 Å². The lowest BCUT2D eigenvalue weighted by Gasteiger charge is -2.09. The van der Waals surface area contributed by atoms with E-state index in [9.17, 15) is 8.42 Å². The summed E-state index contributed by atoms with van der Waals surface area (Å²) in [5, 5.41) is 3.08. The molecule has 0 saturated carbocycles. The first kappa shape index (κ1) is 19.5. The van der Waals surface area contributed by atoms with Gasteiger partial charge in [-0.25, -0.2) is 23.4 Å². The fourth-order valence-electron chi connectivity index (χ4n) is 2.70. The van der Waals surface area contributed by atoms with Crippen LogP contribution in [-0.4, -0.2) is 34.5 Å². The van der Waals surface area contributed by atoms with Crippen LogP contribution in [0, 0.1) is 19.3 Å². The standard InChI is InChI=1S/C19H20N6O2S/c1-4-11-22-28(26,27)16-8-6-15(7-9-16)23-19-20-12-10-17(24-19)18-13-21-14(3)25(18)5-2/h1,6-10,12-13,22H,5,11H2,2-3H3,(H,20,23,24). The second-order valence-electron chi connectivity index (χ2n) is 5.88. The number of terminal acetylenes is 1. The Balaban J connectivity index is 1.80. The Bertz CT molecular complexity index is 1110. The molecule has 28 heavy (non-hydrogen) atoms. The predicted molar refractivity (Wildman–Crippen MR) is 107 cm³/mol. The molecule has 0 spiro atoms. The van der Waals surface area contributed by atoms with Gasteiger partial charge in [0.25, 0.3) is 0 Å². The zero-order chi connectivity index (χ0) is 20.1. The average Bonchev–Trinajstić information content (AvgIpc) is 3.07. The van der Waals surface area contributed by atoms with Gasteiger partial charge in [0.15, 0.2) is 0 Å². The number of nitrogens with one attached hydrogen (secondary N) is 2. The summed E-state index contributed by atoms with van der Waals surface area (Å²) in [6.45, 7) is 4.72. The van der Waals surface area contributed by atoms with Crippen molar-refractivity contribution in [2.45, 2.75) is 25.3 Å². The zero-order valence-corrected chi connectivity index (χ0v) is 16.4. The highest BCUT2D eigenvalue weighted by molar-refractivity contribution is 7.89. The van der Waals surface area contributed by atoms with Crippen LogP contribution in [0.25, 0.3) is 11.4 Å². The Morgan fingerprint density at radius 2 is 1.93 bits per heavy atom. The van der Waals surface area contributed by atoms with Crippen molar-refractivity contribution in [1.82, 2.24) is 24.2 Å². The number of anilines is 2. The summed E-state index contributed by atoms with van der Waals surface area (Å²) in [5.41, 5.74) is 2.32. The van der Waals surface area contributed by atoms with E-state index in [0.29, 0.717) is 11.6 Å². The summed E-state index contributed by atoms with van der Waals surface area (Å²) in [6, 6.07) is 8.07. The molecule has 0 bridgehead atoms. The molecule has 0 aliphatic rings. The second kappa shape index (κ2) is 8.21. The van der Waals surface area contributed by atoms with Crippen molar-refractivity contribution in [3.8, 4) is 23.7 Å². The van der Waals surface area contributed by atoms with Crippen LogP contribution in [0.1, 0.15) is 12.7 Å². The molecule has 3 rings (SSSR count). The Hall–Kier alpha value is -3.22. The van der Waals surface area contributed by atoms with Crippen molar-refractivity contribution in [2.24, 2.45) is 0 Å². The van der Waals surface area contributed by atoms with Crippen LogP contribution < -0.4 is 10.0 Å². The molecule has 0 fully saturated rings. The minimum Gasteiger partial charge on any atom is -0.327 e. The van der Waals surface area contributed by atoms with Crippen LogP contribution in [0.5, 0.6) is 0 Å². The largest absolute Gasteiger partial charge is 0.327 e. The Morgan fingerprint density at radius 3 is 2.61 bits per heavy atom. The molecule has 3 aromatic rings. The van der Waals surface area contributed by atoms with Gasteiger partial charge in [0.05, 0.1) is 29.0 Å². The van der Waals surface area contributed by atoms with E-state index in [4.69, 9.17) is 6.42 Å². The number of hydrogen-bond acceptors (Lipinski definition) is 6. The smallest absolute Gasteiger partial charge is 0.241 e. The Morgan fingerprint density at radius 1 is 1.18 bits per heavy atom. The van der Waals surface area contributed by atoms with E-state index in [0.717, 1.165) is 23.8 Å². The average molecular weight is 396 g/mol. The molecule has 0 radical (unpaired) electrons. The SMILES string of the molecule is C#CCNS(=O)(=O)c1ccc(Nc2nccc(-c3cnc(C)n3CC)n2)cc1. The molecule has 0 atom stereocenters. The quantitative estimate of drug-likeness (QED) is 0.594. The Kier molecular flexibility index (Phi) is 5.73. The molecule has 144 valence electrons. The van der Waals surface area contributed by atoms with Gasteiger partial charge in [0.1, 0.15) is 5.82 Å². The lowest BCUT2D eigenvalue weighted by molar-refractivity contribution is 0.586. The molecule has 1 aromatic carbocycles. The summed E-state index contributed by atoms with van der Waals surface area (Å²) in [4.78, 5) is 13.2. The monoisotopic (exact) mass is 396 g/mol. The minimum atomic E-state index is -3.62. The van der Waals surface area contributed by atoms with Gasteiger partial charge in [-0.3, -0.25) is 0 Å². The highest BCUT2D eigenvalue weighted by atomic mass is 32.2. The molecule has 2 aromatic heterocycles. The van der Waals surface area contributed by atoms with Crippen molar-refractivity contribution < 1.29 is 8.42 Å². The predicted octanol–water partition coefficient (Wildman–Crippen LogP) is 2.32. The highest BCUT2D eigenvalue weighted by Crippen LogP contribution is 2.21. The highest BCUT2D eigenvalue weighted by Gasteiger charge is 2.13. The van der Waals surface area contributed by atoms with Gasteiger partial charge in [0, 0.05) is 18.4 Å². The van der Waals surface area contributed by atoms with E-state index in [-0.39, 0.29) is 11.4 Å². The zero-order valence-electron chi connectivity index (χ0n) is 15.5. The van der Waals surface area contributed by atoms with Crippen molar-refractivity contribution >= 4 is 21.7 Å². The summed E-state index contributed by atoms with van der Waals surface area (Å²) >= 11 is 0. The van der Waals surface area contributed by atoms with Crippen LogP contribution >= 0.6 is 0 Å². The Labute approximate surface area is 164 Å². The first-order valence-electron chi connectivity index (χ1n) is 8.60. The van der Waals surface area contributed by atoms with Crippen molar-refractivity contribution in [3.05, 3.63) is 48.5 Å². The topological polar surface area (TPSA) is 102 Å². The number of imidazole rings is 1. The van der Waals surface area contributed by atoms with Crippen molar-refractivity contribution in [3.63, 3.8) is 0 Å². The molecule has 0 unspecified atom stereocenters. The lowest BCUT2D eigenvalue weighted by atomic mass is 10.3.